The van der Waals surface area contributed by atoms with Gasteiger partial charge >= 0.3 is 0 Å². The summed E-state index contributed by atoms with van der Waals surface area (Å²) < 4.78 is 37.7. The van der Waals surface area contributed by atoms with Crippen LogP contribution in [0, 0.1) is 0 Å². The molecule has 1 N–H and O–H groups in total. The zero-order valence-electron chi connectivity index (χ0n) is 16.3. The third kappa shape index (κ3) is 4.20. The summed E-state index contributed by atoms with van der Waals surface area (Å²) in [7, 11) is -2.17. The minimum absolute atomic E-state index is 0.0987. The van der Waals surface area contributed by atoms with Crippen molar-refractivity contribution in [3.63, 3.8) is 0 Å². The van der Waals surface area contributed by atoms with E-state index in [1.165, 1.54) is 29.6 Å². The number of nitrogens with zero attached hydrogens (tertiary/aromatic N) is 2. The van der Waals surface area contributed by atoms with Crippen LogP contribution in [0.4, 0.5) is 5.69 Å². The van der Waals surface area contributed by atoms with Crippen molar-refractivity contribution >= 4 is 21.6 Å². The summed E-state index contributed by atoms with van der Waals surface area (Å²) in [6, 6.07) is 6.02. The predicted molar refractivity (Wildman–Crippen MR) is 104 cm³/mol. The van der Waals surface area contributed by atoms with E-state index in [1.807, 2.05) is 13.8 Å². The van der Waals surface area contributed by atoms with E-state index < -0.39 is 15.9 Å². The van der Waals surface area contributed by atoms with Crippen LogP contribution in [0.25, 0.3) is 0 Å². The van der Waals surface area contributed by atoms with Crippen LogP contribution in [0.3, 0.4) is 0 Å². The number of sulfonamides is 1. The van der Waals surface area contributed by atoms with Crippen molar-refractivity contribution in [2.24, 2.45) is 0 Å². The SMILES string of the molecule is COc1ccc(S(=O)(=O)N2CCCCC2)cc1NC(=O)c1cc(C(C)C)on1. The van der Waals surface area contributed by atoms with Gasteiger partial charge in [0, 0.05) is 25.1 Å². The standard InChI is InChI=1S/C19H25N3O5S/c1-13(2)18-12-16(21-27-18)19(23)20-15-11-14(7-8-17(15)26-3)28(24,25)22-9-5-4-6-10-22/h7-8,11-13H,4-6,9-10H2,1-3H3,(H,20,23). The molecule has 0 atom stereocenters. The number of hydrogen-bond donors (Lipinski definition) is 1. The van der Waals surface area contributed by atoms with Crippen molar-refractivity contribution in [3.8, 4) is 5.75 Å². The molecule has 9 heteroatoms. The van der Waals surface area contributed by atoms with Crippen LogP contribution in [0.1, 0.15) is 55.3 Å². The molecule has 2 aromatic rings. The Bertz CT molecular complexity index is 946. The first-order valence-electron chi connectivity index (χ1n) is 9.29. The quantitative estimate of drug-likeness (QED) is 0.789. The van der Waals surface area contributed by atoms with Gasteiger partial charge in [0.1, 0.15) is 11.5 Å². The molecular formula is C19H25N3O5S. The smallest absolute Gasteiger partial charge is 0.277 e. The van der Waals surface area contributed by atoms with Gasteiger partial charge in [-0.2, -0.15) is 4.31 Å². The Morgan fingerprint density at radius 2 is 1.93 bits per heavy atom. The van der Waals surface area contributed by atoms with Gasteiger partial charge in [0.2, 0.25) is 10.0 Å². The first-order valence-corrected chi connectivity index (χ1v) is 10.7. The number of aromatic nitrogens is 1. The monoisotopic (exact) mass is 407 g/mol. The molecule has 3 rings (SSSR count). The molecule has 0 aliphatic carbocycles. The summed E-state index contributed by atoms with van der Waals surface area (Å²) >= 11 is 0. The van der Waals surface area contributed by atoms with E-state index in [2.05, 4.69) is 10.5 Å². The molecule has 1 fully saturated rings. The Balaban J connectivity index is 1.87. The zero-order valence-corrected chi connectivity index (χ0v) is 17.1. The summed E-state index contributed by atoms with van der Waals surface area (Å²) in [5.74, 6) is 0.556. The molecule has 2 heterocycles. The molecule has 1 saturated heterocycles. The highest BCUT2D eigenvalue weighted by Crippen LogP contribution is 2.30. The van der Waals surface area contributed by atoms with E-state index >= 15 is 0 Å². The second kappa shape index (κ2) is 8.32. The van der Waals surface area contributed by atoms with Crippen LogP contribution in [0.15, 0.2) is 33.7 Å². The van der Waals surface area contributed by atoms with E-state index in [0.29, 0.717) is 24.6 Å². The van der Waals surface area contributed by atoms with Crippen molar-refractivity contribution in [1.29, 1.82) is 0 Å². The number of nitrogens with one attached hydrogen (secondary N) is 1. The van der Waals surface area contributed by atoms with Gasteiger partial charge in [-0.15, -0.1) is 0 Å². The Morgan fingerprint density at radius 1 is 1.21 bits per heavy atom. The highest BCUT2D eigenvalue weighted by atomic mass is 32.2. The van der Waals surface area contributed by atoms with Crippen LogP contribution < -0.4 is 10.1 Å². The number of amides is 1. The minimum atomic E-state index is -3.62. The van der Waals surface area contributed by atoms with E-state index in [4.69, 9.17) is 9.26 Å². The molecule has 0 bridgehead atoms. The first kappa shape index (κ1) is 20.3. The maximum atomic E-state index is 12.9. The average molecular weight is 407 g/mol. The molecule has 1 amide bonds. The lowest BCUT2D eigenvalue weighted by atomic mass is 10.1. The second-order valence-corrected chi connectivity index (χ2v) is 8.99. The molecular weight excluding hydrogens is 382 g/mol. The normalized spacial score (nSPS) is 15.6. The number of rotatable bonds is 6. The van der Waals surface area contributed by atoms with Gasteiger partial charge in [0.05, 0.1) is 17.7 Å². The fraction of sp³-hybridized carbons (Fsp3) is 0.474. The number of ether oxygens (including phenoxy) is 1. The number of hydrogen-bond acceptors (Lipinski definition) is 6. The van der Waals surface area contributed by atoms with E-state index in [0.717, 1.165) is 19.3 Å². The molecule has 1 aromatic carbocycles. The van der Waals surface area contributed by atoms with E-state index in [1.54, 1.807) is 6.07 Å². The van der Waals surface area contributed by atoms with Crippen LogP contribution in [-0.4, -0.2) is 44.0 Å². The largest absolute Gasteiger partial charge is 0.495 e. The van der Waals surface area contributed by atoms with Gasteiger partial charge in [-0.05, 0) is 31.0 Å². The van der Waals surface area contributed by atoms with Gasteiger partial charge in [-0.25, -0.2) is 8.42 Å². The number of piperidine rings is 1. The Hall–Kier alpha value is -2.39. The highest BCUT2D eigenvalue weighted by Gasteiger charge is 2.27. The summed E-state index contributed by atoms with van der Waals surface area (Å²) in [5.41, 5.74) is 0.384. The number of anilines is 1. The van der Waals surface area contributed by atoms with Crippen molar-refractivity contribution in [3.05, 3.63) is 35.7 Å². The Labute approximate surface area is 164 Å². The third-order valence-electron chi connectivity index (χ3n) is 4.70. The van der Waals surface area contributed by atoms with Crippen LogP contribution >= 0.6 is 0 Å². The summed E-state index contributed by atoms with van der Waals surface area (Å²) in [4.78, 5) is 12.7. The average Bonchev–Trinajstić information content (AvgIpc) is 3.19. The van der Waals surface area contributed by atoms with Crippen LogP contribution in [0.2, 0.25) is 0 Å². The summed E-state index contributed by atoms with van der Waals surface area (Å²) in [6.45, 7) is 4.88. The molecule has 1 aliphatic rings. The molecule has 1 aliphatic heterocycles. The molecule has 0 saturated carbocycles. The molecule has 28 heavy (non-hydrogen) atoms. The van der Waals surface area contributed by atoms with Crippen LogP contribution in [-0.2, 0) is 10.0 Å². The molecule has 1 aromatic heterocycles. The van der Waals surface area contributed by atoms with Crippen molar-refractivity contribution in [2.45, 2.75) is 43.9 Å². The summed E-state index contributed by atoms with van der Waals surface area (Å²) in [6.07, 6.45) is 2.73. The predicted octanol–water partition coefficient (Wildman–Crippen LogP) is 3.23. The Kier molecular flexibility index (Phi) is 6.04. The van der Waals surface area contributed by atoms with E-state index in [-0.39, 0.29) is 22.2 Å². The molecule has 0 unspecified atom stereocenters. The number of methoxy groups -OCH3 is 1. The Morgan fingerprint density at radius 3 is 2.54 bits per heavy atom. The van der Waals surface area contributed by atoms with Crippen molar-refractivity contribution in [1.82, 2.24) is 9.46 Å². The van der Waals surface area contributed by atoms with Gasteiger partial charge in [0.15, 0.2) is 5.69 Å². The maximum absolute atomic E-state index is 12.9. The molecule has 8 nitrogen and oxygen atoms in total. The van der Waals surface area contributed by atoms with Crippen LogP contribution in [0.5, 0.6) is 5.75 Å². The van der Waals surface area contributed by atoms with Gasteiger partial charge in [0.25, 0.3) is 5.91 Å². The fourth-order valence-electron chi connectivity index (χ4n) is 3.05. The minimum Gasteiger partial charge on any atom is -0.495 e. The maximum Gasteiger partial charge on any atom is 0.277 e. The zero-order chi connectivity index (χ0) is 20.3. The topological polar surface area (TPSA) is 102 Å². The van der Waals surface area contributed by atoms with E-state index in [9.17, 15) is 13.2 Å². The second-order valence-electron chi connectivity index (χ2n) is 7.05. The number of carbonyl (C=O) groups excluding carboxylic acids is 1. The number of carbonyl (C=O) groups is 1. The van der Waals surface area contributed by atoms with Gasteiger partial charge in [-0.1, -0.05) is 25.4 Å². The lowest BCUT2D eigenvalue weighted by Gasteiger charge is -2.26. The lowest BCUT2D eigenvalue weighted by molar-refractivity contribution is 0.101. The fourth-order valence-corrected chi connectivity index (χ4v) is 4.60. The van der Waals surface area contributed by atoms with Gasteiger partial charge < -0.3 is 14.6 Å². The van der Waals surface area contributed by atoms with Crippen molar-refractivity contribution in [2.75, 3.05) is 25.5 Å². The highest BCUT2D eigenvalue weighted by molar-refractivity contribution is 7.89. The first-order chi connectivity index (χ1) is 13.3. The van der Waals surface area contributed by atoms with Crippen molar-refractivity contribution < 1.29 is 22.5 Å². The molecule has 152 valence electrons. The molecule has 0 spiro atoms. The third-order valence-corrected chi connectivity index (χ3v) is 6.60. The van der Waals surface area contributed by atoms with Gasteiger partial charge in [-0.3, -0.25) is 4.79 Å². The lowest BCUT2D eigenvalue weighted by Crippen LogP contribution is -2.35. The number of benzene rings is 1. The molecule has 0 radical (unpaired) electrons. The summed E-state index contributed by atoms with van der Waals surface area (Å²) in [5, 5.41) is 6.46.